The molecular formula is C18H19ClN2O5S. The van der Waals surface area contributed by atoms with Crippen LogP contribution in [0.5, 0.6) is 11.5 Å². The maximum absolute atomic E-state index is 12.5. The summed E-state index contributed by atoms with van der Waals surface area (Å²) in [6.45, 7) is 0.478. The van der Waals surface area contributed by atoms with E-state index in [9.17, 15) is 13.2 Å². The highest BCUT2D eigenvalue weighted by Crippen LogP contribution is 2.36. The van der Waals surface area contributed by atoms with Gasteiger partial charge in [-0.25, -0.2) is 13.1 Å². The number of halogens is 1. The van der Waals surface area contributed by atoms with E-state index in [-0.39, 0.29) is 24.0 Å². The average molecular weight is 411 g/mol. The molecular weight excluding hydrogens is 392 g/mol. The highest BCUT2D eigenvalue weighted by Gasteiger charge is 2.24. The summed E-state index contributed by atoms with van der Waals surface area (Å²) in [5.74, 6) is 0.470. The molecule has 0 aliphatic carbocycles. The van der Waals surface area contributed by atoms with Gasteiger partial charge >= 0.3 is 0 Å². The largest absolute Gasteiger partial charge is 0.493 e. The Morgan fingerprint density at radius 3 is 2.70 bits per heavy atom. The monoisotopic (exact) mass is 410 g/mol. The molecule has 1 atom stereocenters. The van der Waals surface area contributed by atoms with Gasteiger partial charge in [-0.1, -0.05) is 17.7 Å². The SMILES string of the molecule is NC(=O)COc1ccc2c(c1)OCCC2CNS(=O)(=O)c1ccc(Cl)cc1. The molecule has 7 nitrogen and oxygen atoms in total. The number of carbonyl (C=O) groups excluding carboxylic acids is 1. The first kappa shape index (κ1) is 19.5. The van der Waals surface area contributed by atoms with Crippen molar-refractivity contribution in [1.29, 1.82) is 0 Å². The predicted octanol–water partition coefficient (Wildman–Crippen LogP) is 2.05. The fourth-order valence-electron chi connectivity index (χ4n) is 2.81. The molecule has 9 heteroatoms. The number of amides is 1. The molecule has 3 N–H and O–H groups in total. The smallest absolute Gasteiger partial charge is 0.255 e. The lowest BCUT2D eigenvalue weighted by molar-refractivity contribution is -0.119. The van der Waals surface area contributed by atoms with Crippen molar-refractivity contribution in [3.8, 4) is 11.5 Å². The van der Waals surface area contributed by atoms with Gasteiger partial charge in [-0.15, -0.1) is 0 Å². The maximum Gasteiger partial charge on any atom is 0.255 e. The summed E-state index contributed by atoms with van der Waals surface area (Å²) in [5.41, 5.74) is 5.95. The third kappa shape index (κ3) is 4.91. The van der Waals surface area contributed by atoms with Crippen molar-refractivity contribution in [3.63, 3.8) is 0 Å². The molecule has 144 valence electrons. The van der Waals surface area contributed by atoms with E-state index in [1.807, 2.05) is 6.07 Å². The number of rotatable bonds is 7. The minimum atomic E-state index is -3.63. The molecule has 1 aliphatic heterocycles. The Morgan fingerprint density at radius 1 is 1.26 bits per heavy atom. The van der Waals surface area contributed by atoms with Gasteiger partial charge in [0.1, 0.15) is 11.5 Å². The van der Waals surface area contributed by atoms with E-state index in [1.165, 1.54) is 24.3 Å². The molecule has 3 rings (SSSR count). The highest BCUT2D eigenvalue weighted by molar-refractivity contribution is 7.89. The maximum atomic E-state index is 12.5. The van der Waals surface area contributed by atoms with Gasteiger partial charge in [0, 0.05) is 23.6 Å². The average Bonchev–Trinajstić information content (AvgIpc) is 2.64. The third-order valence-electron chi connectivity index (χ3n) is 4.17. The number of ether oxygens (including phenoxy) is 2. The van der Waals surface area contributed by atoms with Gasteiger partial charge in [-0.2, -0.15) is 0 Å². The van der Waals surface area contributed by atoms with Crippen molar-refractivity contribution in [1.82, 2.24) is 4.72 Å². The first-order chi connectivity index (χ1) is 12.8. The predicted molar refractivity (Wildman–Crippen MR) is 101 cm³/mol. The zero-order chi connectivity index (χ0) is 19.4. The Balaban J connectivity index is 1.70. The number of hydrogen-bond acceptors (Lipinski definition) is 5. The Morgan fingerprint density at radius 2 is 2.00 bits per heavy atom. The van der Waals surface area contributed by atoms with E-state index in [0.29, 0.717) is 29.5 Å². The zero-order valence-electron chi connectivity index (χ0n) is 14.4. The molecule has 1 heterocycles. The first-order valence-electron chi connectivity index (χ1n) is 8.28. The highest BCUT2D eigenvalue weighted by atomic mass is 35.5. The van der Waals surface area contributed by atoms with E-state index in [0.717, 1.165) is 5.56 Å². The molecule has 0 radical (unpaired) electrons. The van der Waals surface area contributed by atoms with Gasteiger partial charge in [0.2, 0.25) is 10.0 Å². The Kier molecular flexibility index (Phi) is 5.88. The van der Waals surface area contributed by atoms with Crippen LogP contribution in [0.25, 0.3) is 0 Å². The summed E-state index contributed by atoms with van der Waals surface area (Å²) in [7, 11) is -3.63. The van der Waals surface area contributed by atoms with E-state index < -0.39 is 15.9 Å². The van der Waals surface area contributed by atoms with Crippen LogP contribution in [0.3, 0.4) is 0 Å². The van der Waals surface area contributed by atoms with Gasteiger partial charge in [-0.05, 0) is 42.3 Å². The van der Waals surface area contributed by atoms with E-state index in [1.54, 1.807) is 12.1 Å². The number of nitrogens with two attached hydrogens (primary N) is 1. The number of fused-ring (bicyclic) bond motifs is 1. The molecule has 0 saturated heterocycles. The lowest BCUT2D eigenvalue weighted by Crippen LogP contribution is -2.30. The molecule has 1 aliphatic rings. The lowest BCUT2D eigenvalue weighted by Gasteiger charge is -2.26. The van der Waals surface area contributed by atoms with Crippen LogP contribution in [-0.4, -0.2) is 34.1 Å². The molecule has 1 unspecified atom stereocenters. The lowest BCUT2D eigenvalue weighted by atomic mass is 9.93. The van der Waals surface area contributed by atoms with Crippen molar-refractivity contribution in [2.24, 2.45) is 5.73 Å². The van der Waals surface area contributed by atoms with Crippen molar-refractivity contribution in [2.75, 3.05) is 19.8 Å². The molecule has 27 heavy (non-hydrogen) atoms. The van der Waals surface area contributed by atoms with Gasteiger partial charge < -0.3 is 15.2 Å². The van der Waals surface area contributed by atoms with Crippen molar-refractivity contribution >= 4 is 27.5 Å². The summed E-state index contributed by atoms with van der Waals surface area (Å²) < 4.78 is 38.5. The number of carbonyl (C=O) groups is 1. The summed E-state index contributed by atoms with van der Waals surface area (Å²) in [5, 5.41) is 0.474. The van der Waals surface area contributed by atoms with E-state index >= 15 is 0 Å². The van der Waals surface area contributed by atoms with Crippen LogP contribution in [-0.2, 0) is 14.8 Å². The second-order valence-corrected chi connectivity index (χ2v) is 8.30. The first-order valence-corrected chi connectivity index (χ1v) is 10.1. The fourth-order valence-corrected chi connectivity index (χ4v) is 4.01. The molecule has 0 fully saturated rings. The molecule has 2 aromatic rings. The molecule has 0 spiro atoms. The topological polar surface area (TPSA) is 108 Å². The Hall–Kier alpha value is -2.29. The number of benzene rings is 2. The molecule has 0 aromatic heterocycles. The normalized spacial score (nSPS) is 16.3. The van der Waals surface area contributed by atoms with Crippen LogP contribution in [0.4, 0.5) is 0 Å². The minimum absolute atomic E-state index is 0.0407. The molecule has 0 bridgehead atoms. The quantitative estimate of drug-likeness (QED) is 0.726. The number of primary amides is 1. The van der Waals surface area contributed by atoms with Crippen LogP contribution >= 0.6 is 11.6 Å². The zero-order valence-corrected chi connectivity index (χ0v) is 15.9. The third-order valence-corrected chi connectivity index (χ3v) is 5.86. The van der Waals surface area contributed by atoms with Crippen LogP contribution < -0.4 is 19.9 Å². The number of sulfonamides is 1. The standard InChI is InChI=1S/C18H19ClN2O5S/c19-13-1-4-15(5-2-13)27(23,24)21-10-12-7-8-25-17-9-14(3-6-16(12)17)26-11-18(20)22/h1-6,9,12,21H,7-8,10-11H2,(H2,20,22). The van der Waals surface area contributed by atoms with Crippen molar-refractivity contribution < 1.29 is 22.7 Å². The van der Waals surface area contributed by atoms with Crippen LogP contribution in [0.15, 0.2) is 47.4 Å². The van der Waals surface area contributed by atoms with Crippen LogP contribution in [0, 0.1) is 0 Å². The number of hydrogen-bond donors (Lipinski definition) is 2. The molecule has 0 saturated carbocycles. The number of nitrogens with one attached hydrogen (secondary N) is 1. The van der Waals surface area contributed by atoms with Crippen molar-refractivity contribution in [2.45, 2.75) is 17.2 Å². The summed E-state index contributed by atoms with van der Waals surface area (Å²) >= 11 is 5.80. The summed E-state index contributed by atoms with van der Waals surface area (Å²) in [6, 6.07) is 11.2. The van der Waals surface area contributed by atoms with Crippen LogP contribution in [0.1, 0.15) is 17.9 Å². The van der Waals surface area contributed by atoms with Crippen molar-refractivity contribution in [3.05, 3.63) is 53.1 Å². The van der Waals surface area contributed by atoms with Gasteiger partial charge in [0.05, 0.1) is 11.5 Å². The fraction of sp³-hybridized carbons (Fsp3) is 0.278. The minimum Gasteiger partial charge on any atom is -0.493 e. The summed E-state index contributed by atoms with van der Waals surface area (Å²) in [4.78, 5) is 11.0. The Bertz CT molecular complexity index is 931. The van der Waals surface area contributed by atoms with E-state index in [4.69, 9.17) is 26.8 Å². The van der Waals surface area contributed by atoms with Gasteiger partial charge in [0.15, 0.2) is 6.61 Å². The van der Waals surface area contributed by atoms with Gasteiger partial charge in [0.25, 0.3) is 5.91 Å². The van der Waals surface area contributed by atoms with E-state index in [2.05, 4.69) is 4.72 Å². The van der Waals surface area contributed by atoms with Gasteiger partial charge in [-0.3, -0.25) is 4.79 Å². The Labute approximate surface area is 162 Å². The molecule has 2 aromatic carbocycles. The second kappa shape index (κ2) is 8.16. The second-order valence-electron chi connectivity index (χ2n) is 6.09. The summed E-state index contributed by atoms with van der Waals surface area (Å²) in [6.07, 6.45) is 0.678. The molecule has 1 amide bonds. The van der Waals surface area contributed by atoms with Crippen LogP contribution in [0.2, 0.25) is 5.02 Å².